The summed E-state index contributed by atoms with van der Waals surface area (Å²) in [5, 5.41) is 14.5. The molecule has 1 aliphatic heterocycles. The highest BCUT2D eigenvalue weighted by molar-refractivity contribution is 6.19. The van der Waals surface area contributed by atoms with E-state index in [2.05, 4.69) is 6.58 Å². The van der Waals surface area contributed by atoms with Gasteiger partial charge < -0.3 is 4.74 Å². The van der Waals surface area contributed by atoms with Crippen LogP contribution in [0.4, 0.5) is 0 Å². The van der Waals surface area contributed by atoms with Gasteiger partial charge in [-0.05, 0) is 61.4 Å². The van der Waals surface area contributed by atoms with E-state index < -0.39 is 11.8 Å². The Morgan fingerprint density at radius 2 is 1.81 bits per heavy atom. The van der Waals surface area contributed by atoms with E-state index in [-0.39, 0.29) is 12.1 Å². The lowest BCUT2D eigenvalue weighted by Crippen LogP contribution is -2.43. The molecule has 37 heavy (non-hydrogen) atoms. The maximum Gasteiger partial charge on any atom is 0.271 e. The van der Waals surface area contributed by atoms with E-state index in [1.54, 1.807) is 23.8 Å². The third-order valence-corrected chi connectivity index (χ3v) is 6.12. The number of unbranched alkanes of at least 4 members (excludes halogenated alkanes) is 1. The van der Waals surface area contributed by atoms with Crippen LogP contribution in [0.3, 0.4) is 0 Å². The zero-order chi connectivity index (χ0) is 26.4. The molecular weight excluding hydrogens is 464 g/mol. The number of hydrogen-bond donors (Lipinski definition) is 0. The number of hydrogen-bond acceptors (Lipinski definition) is 5. The summed E-state index contributed by atoms with van der Waals surface area (Å²) >= 11 is 0. The van der Waals surface area contributed by atoms with Crippen molar-refractivity contribution in [2.24, 2.45) is 0 Å². The van der Waals surface area contributed by atoms with Crippen LogP contribution >= 0.6 is 0 Å². The number of carbonyl (C=O) groups excluding carboxylic acids is 2. The fraction of sp³-hybridized carbons (Fsp3) is 0.200. The summed E-state index contributed by atoms with van der Waals surface area (Å²) in [5.41, 5.74) is 3.71. The Labute approximate surface area is 216 Å². The van der Waals surface area contributed by atoms with E-state index in [0.717, 1.165) is 17.7 Å². The van der Waals surface area contributed by atoms with Crippen LogP contribution in [0, 0.1) is 11.3 Å². The second-order valence-electron chi connectivity index (χ2n) is 8.62. The maximum atomic E-state index is 13.4. The monoisotopic (exact) mass is 492 g/mol. The number of nitriles is 1. The van der Waals surface area contributed by atoms with Crippen molar-refractivity contribution >= 4 is 17.9 Å². The van der Waals surface area contributed by atoms with Gasteiger partial charge in [0, 0.05) is 29.4 Å². The van der Waals surface area contributed by atoms with Crippen molar-refractivity contribution in [2.75, 3.05) is 13.2 Å². The van der Waals surface area contributed by atoms with Gasteiger partial charge in [-0.3, -0.25) is 14.5 Å². The van der Waals surface area contributed by atoms with E-state index in [1.807, 2.05) is 73.8 Å². The molecule has 3 aromatic rings. The molecule has 0 saturated carbocycles. The van der Waals surface area contributed by atoms with Crippen LogP contribution in [-0.2, 0) is 9.59 Å². The number of rotatable bonds is 9. The predicted molar refractivity (Wildman–Crippen MR) is 143 cm³/mol. The molecule has 0 atom stereocenters. The normalized spacial score (nSPS) is 14.7. The van der Waals surface area contributed by atoms with Gasteiger partial charge in [0.05, 0.1) is 11.4 Å². The average molecular weight is 493 g/mol. The highest BCUT2D eigenvalue weighted by Gasteiger charge is 2.35. The first kappa shape index (κ1) is 25.4. The number of imide groups is 1. The molecule has 2 amide bonds. The van der Waals surface area contributed by atoms with Crippen molar-refractivity contribution in [3.8, 4) is 28.8 Å². The fourth-order valence-corrected chi connectivity index (χ4v) is 4.10. The van der Waals surface area contributed by atoms with Crippen LogP contribution in [0.2, 0.25) is 0 Å². The number of aromatic nitrogens is 2. The second kappa shape index (κ2) is 11.4. The molecular formula is C30H28N4O3. The number of ether oxygens (including phenoxy) is 1. The molecule has 7 nitrogen and oxygen atoms in total. The van der Waals surface area contributed by atoms with E-state index >= 15 is 0 Å². The number of para-hydroxylation sites is 1. The molecule has 0 bridgehead atoms. The maximum absolute atomic E-state index is 13.4. The van der Waals surface area contributed by atoms with Crippen molar-refractivity contribution < 1.29 is 14.3 Å². The van der Waals surface area contributed by atoms with Crippen LogP contribution in [0.25, 0.3) is 23.0 Å². The molecule has 4 rings (SSSR count). The predicted octanol–water partition coefficient (Wildman–Crippen LogP) is 5.50. The van der Waals surface area contributed by atoms with Crippen molar-refractivity contribution in [1.82, 2.24) is 14.7 Å². The van der Waals surface area contributed by atoms with Crippen LogP contribution in [-0.4, -0.2) is 39.6 Å². The van der Waals surface area contributed by atoms with Crippen molar-refractivity contribution in [3.63, 3.8) is 0 Å². The quantitative estimate of drug-likeness (QED) is 0.224. The lowest BCUT2D eigenvalue weighted by atomic mass is 9.93. The summed E-state index contributed by atoms with van der Waals surface area (Å²) in [4.78, 5) is 27.4. The minimum absolute atomic E-state index is 0.0114. The molecule has 0 radical (unpaired) electrons. The summed E-state index contributed by atoms with van der Waals surface area (Å²) in [6.07, 6.45) is 6.74. The Hall–Kier alpha value is -4.70. The minimum atomic E-state index is -0.536. The summed E-state index contributed by atoms with van der Waals surface area (Å²) < 4.78 is 7.36. The average Bonchev–Trinajstić information content (AvgIpc) is 3.35. The fourth-order valence-electron chi connectivity index (χ4n) is 4.10. The Balaban J connectivity index is 1.85. The van der Waals surface area contributed by atoms with Gasteiger partial charge in [-0.1, -0.05) is 44.2 Å². The Bertz CT molecular complexity index is 1420. The Kier molecular flexibility index (Phi) is 7.80. The zero-order valence-electron chi connectivity index (χ0n) is 21.0. The first-order valence-corrected chi connectivity index (χ1v) is 12.2. The van der Waals surface area contributed by atoms with Crippen LogP contribution < -0.4 is 4.74 Å². The first-order valence-electron chi connectivity index (χ1n) is 12.2. The summed E-state index contributed by atoms with van der Waals surface area (Å²) in [7, 11) is 0. The lowest BCUT2D eigenvalue weighted by Gasteiger charge is -2.27. The highest BCUT2D eigenvalue weighted by Crippen LogP contribution is 2.32. The van der Waals surface area contributed by atoms with Gasteiger partial charge in [0.1, 0.15) is 24.0 Å². The molecule has 7 heteroatoms. The molecule has 2 aromatic carbocycles. The van der Waals surface area contributed by atoms with Gasteiger partial charge in [0.2, 0.25) is 0 Å². The minimum Gasteiger partial charge on any atom is -0.490 e. The van der Waals surface area contributed by atoms with E-state index in [9.17, 15) is 14.9 Å². The van der Waals surface area contributed by atoms with Gasteiger partial charge in [-0.15, -0.1) is 0 Å². The third-order valence-electron chi connectivity index (χ3n) is 6.12. The molecule has 1 aromatic heterocycles. The molecule has 0 spiro atoms. The number of benzene rings is 2. The van der Waals surface area contributed by atoms with Crippen LogP contribution in [0.5, 0.6) is 5.75 Å². The molecule has 186 valence electrons. The number of carbonyl (C=O) groups is 2. The second-order valence-corrected chi connectivity index (χ2v) is 8.62. The number of nitrogens with zero attached hydrogens (tertiary/aromatic N) is 4. The highest BCUT2D eigenvalue weighted by atomic mass is 16.5. The van der Waals surface area contributed by atoms with Gasteiger partial charge in [0.25, 0.3) is 11.8 Å². The standard InChI is InChI=1S/C30H28N4O3/c1-4-6-16-33-29(35)26(21(3)27(19-31)30(33)36)18-23-20-34(24-10-8-7-9-11-24)32-28(23)22-12-14-25(15-13-22)37-17-5-2/h5,7-15,18,20H,2,4,6,16-17H2,1,3H3/b26-18+. The molecule has 1 aliphatic rings. The van der Waals surface area contributed by atoms with Gasteiger partial charge in [-0.2, -0.15) is 10.4 Å². The molecule has 0 aliphatic carbocycles. The van der Waals surface area contributed by atoms with E-state index in [0.29, 0.717) is 41.2 Å². The molecule has 2 heterocycles. The van der Waals surface area contributed by atoms with Gasteiger partial charge in [-0.25, -0.2) is 4.68 Å². The zero-order valence-corrected chi connectivity index (χ0v) is 21.0. The Morgan fingerprint density at radius 1 is 1.08 bits per heavy atom. The van der Waals surface area contributed by atoms with Crippen molar-refractivity contribution in [1.29, 1.82) is 5.26 Å². The van der Waals surface area contributed by atoms with Gasteiger partial charge in [0.15, 0.2) is 0 Å². The summed E-state index contributed by atoms with van der Waals surface area (Å²) in [6.45, 7) is 7.97. The third kappa shape index (κ3) is 5.29. The van der Waals surface area contributed by atoms with Crippen LogP contribution in [0.15, 0.2) is 90.2 Å². The van der Waals surface area contributed by atoms with E-state index in [4.69, 9.17) is 9.84 Å². The van der Waals surface area contributed by atoms with Crippen molar-refractivity contribution in [2.45, 2.75) is 26.7 Å². The number of amides is 2. The SMILES string of the molecule is C=CCOc1ccc(-c2nn(-c3ccccc3)cc2/C=C2/C(=O)N(CCCC)C(=O)C(C#N)=C2C)cc1. The molecule has 0 fully saturated rings. The summed E-state index contributed by atoms with van der Waals surface area (Å²) in [6, 6.07) is 19.2. The first-order chi connectivity index (χ1) is 18.0. The van der Waals surface area contributed by atoms with Gasteiger partial charge >= 0.3 is 0 Å². The molecule has 0 unspecified atom stereocenters. The topological polar surface area (TPSA) is 88.2 Å². The van der Waals surface area contributed by atoms with E-state index in [1.165, 1.54) is 4.90 Å². The lowest BCUT2D eigenvalue weighted by molar-refractivity contribution is -0.140. The molecule has 0 saturated heterocycles. The van der Waals surface area contributed by atoms with Crippen LogP contribution in [0.1, 0.15) is 32.3 Å². The molecule has 0 N–H and O–H groups in total. The largest absolute Gasteiger partial charge is 0.490 e. The Morgan fingerprint density at radius 3 is 2.46 bits per heavy atom. The van der Waals surface area contributed by atoms with Crippen molar-refractivity contribution in [3.05, 3.63) is 95.7 Å². The smallest absolute Gasteiger partial charge is 0.271 e. The summed E-state index contributed by atoms with van der Waals surface area (Å²) in [5.74, 6) is -0.233.